The second-order valence-electron chi connectivity index (χ2n) is 5.70. The lowest BCUT2D eigenvalue weighted by Gasteiger charge is -2.19. The van der Waals surface area contributed by atoms with Crippen molar-refractivity contribution in [3.63, 3.8) is 0 Å². The molecule has 0 bridgehead atoms. The van der Waals surface area contributed by atoms with E-state index in [4.69, 9.17) is 0 Å². The van der Waals surface area contributed by atoms with Crippen LogP contribution in [0.3, 0.4) is 0 Å². The molecule has 0 amide bonds. The molecule has 1 aromatic rings. The molecule has 1 N–H and O–H groups in total. The number of allylic oxidation sites excluding steroid dienone is 1. The number of nitrogens with one attached hydrogen (secondary N) is 1. The number of nitriles is 1. The molecule has 0 aliphatic rings. The van der Waals surface area contributed by atoms with Crippen molar-refractivity contribution in [2.45, 2.75) is 24.5 Å². The first-order valence-corrected chi connectivity index (χ1v) is 12.9. The molecule has 0 fully saturated rings. The Labute approximate surface area is 132 Å². The molecule has 0 radical (unpaired) electrons. The maximum atomic E-state index is 12.6. The molecule has 0 saturated carbocycles. The Morgan fingerprint density at radius 2 is 1.86 bits per heavy atom. The van der Waals surface area contributed by atoms with Gasteiger partial charge in [-0.25, -0.2) is 8.42 Å². The summed E-state index contributed by atoms with van der Waals surface area (Å²) in [4.78, 5) is -0.0673. The van der Waals surface area contributed by atoms with Gasteiger partial charge in [0.2, 0.25) is 9.84 Å². The number of rotatable bonds is 6. The lowest BCUT2D eigenvalue weighted by Crippen LogP contribution is -2.36. The Hall–Kier alpha value is -1.23. The van der Waals surface area contributed by atoms with Crippen LogP contribution in [0.2, 0.25) is 19.6 Å². The van der Waals surface area contributed by atoms with Crippen molar-refractivity contribution in [1.82, 2.24) is 5.32 Å². The standard InChI is InChI=1S/C14H20N2O2S2Si/c1-19-14(16-11-21(2,3)4)13(10-15)20(17,18)12-8-6-5-7-9-12/h5-9,16H,11H2,1-4H3/b14-13+. The quantitative estimate of drug-likeness (QED) is 0.637. The van der Waals surface area contributed by atoms with E-state index < -0.39 is 17.9 Å². The van der Waals surface area contributed by atoms with Crippen molar-refractivity contribution in [2.24, 2.45) is 0 Å². The molecule has 0 saturated heterocycles. The number of hydrogen-bond donors (Lipinski definition) is 1. The summed E-state index contributed by atoms with van der Waals surface area (Å²) in [5.74, 6) is 0. The van der Waals surface area contributed by atoms with Crippen LogP contribution in [0.5, 0.6) is 0 Å². The Bertz CT molecular complexity index is 656. The van der Waals surface area contributed by atoms with Crippen LogP contribution in [-0.2, 0) is 9.84 Å². The number of benzene rings is 1. The zero-order valence-electron chi connectivity index (χ0n) is 12.7. The van der Waals surface area contributed by atoms with Gasteiger partial charge in [-0.05, 0) is 18.4 Å². The monoisotopic (exact) mass is 340 g/mol. The van der Waals surface area contributed by atoms with Crippen molar-refractivity contribution < 1.29 is 8.42 Å². The van der Waals surface area contributed by atoms with Crippen LogP contribution < -0.4 is 5.32 Å². The first-order valence-electron chi connectivity index (χ1n) is 6.45. The van der Waals surface area contributed by atoms with Crippen molar-refractivity contribution in [2.75, 3.05) is 12.4 Å². The topological polar surface area (TPSA) is 70.0 Å². The maximum absolute atomic E-state index is 12.6. The van der Waals surface area contributed by atoms with Gasteiger partial charge in [0.15, 0.2) is 4.91 Å². The van der Waals surface area contributed by atoms with E-state index in [1.54, 1.807) is 24.5 Å². The van der Waals surface area contributed by atoms with Gasteiger partial charge in [0.05, 0.1) is 18.0 Å². The maximum Gasteiger partial charge on any atom is 0.219 e. The van der Waals surface area contributed by atoms with Crippen LogP contribution in [0.15, 0.2) is 45.2 Å². The fraction of sp³-hybridized carbons (Fsp3) is 0.357. The highest BCUT2D eigenvalue weighted by Gasteiger charge is 2.25. The van der Waals surface area contributed by atoms with E-state index in [2.05, 4.69) is 25.0 Å². The summed E-state index contributed by atoms with van der Waals surface area (Å²) in [5, 5.41) is 12.9. The molecule has 114 valence electrons. The predicted octanol–water partition coefficient (Wildman–Crippen LogP) is 2.98. The fourth-order valence-electron chi connectivity index (χ4n) is 1.54. The van der Waals surface area contributed by atoms with Crippen molar-refractivity contribution >= 4 is 29.7 Å². The Balaban J connectivity index is 3.26. The van der Waals surface area contributed by atoms with Crippen molar-refractivity contribution in [1.29, 1.82) is 5.26 Å². The largest absolute Gasteiger partial charge is 0.381 e. The molecule has 1 rings (SSSR count). The summed E-state index contributed by atoms with van der Waals surface area (Å²) in [5.41, 5.74) is 0. The van der Waals surface area contributed by atoms with E-state index in [1.807, 2.05) is 6.07 Å². The van der Waals surface area contributed by atoms with E-state index >= 15 is 0 Å². The summed E-state index contributed by atoms with van der Waals surface area (Å²) < 4.78 is 25.1. The van der Waals surface area contributed by atoms with E-state index in [0.717, 1.165) is 6.17 Å². The van der Waals surface area contributed by atoms with E-state index in [0.29, 0.717) is 5.03 Å². The zero-order chi connectivity index (χ0) is 16.1. The molecule has 0 heterocycles. The molecule has 0 aliphatic heterocycles. The molecular weight excluding hydrogens is 320 g/mol. The smallest absolute Gasteiger partial charge is 0.219 e. The number of sulfone groups is 1. The average Bonchev–Trinajstić information content (AvgIpc) is 2.43. The first kappa shape index (κ1) is 17.8. The molecule has 0 aliphatic carbocycles. The van der Waals surface area contributed by atoms with Gasteiger partial charge in [-0.1, -0.05) is 37.8 Å². The van der Waals surface area contributed by atoms with Gasteiger partial charge in [0.25, 0.3) is 0 Å². The van der Waals surface area contributed by atoms with Gasteiger partial charge in [-0.2, -0.15) is 5.26 Å². The van der Waals surface area contributed by atoms with Crippen LogP contribution >= 0.6 is 11.8 Å². The van der Waals surface area contributed by atoms with Crippen LogP contribution in [0.25, 0.3) is 0 Å². The minimum atomic E-state index is -3.78. The molecule has 0 aromatic heterocycles. The van der Waals surface area contributed by atoms with Gasteiger partial charge in [0, 0.05) is 6.17 Å². The molecule has 0 unspecified atom stereocenters. The van der Waals surface area contributed by atoms with E-state index in [-0.39, 0.29) is 9.80 Å². The lowest BCUT2D eigenvalue weighted by atomic mass is 10.4. The highest BCUT2D eigenvalue weighted by atomic mass is 32.2. The molecule has 0 spiro atoms. The van der Waals surface area contributed by atoms with Gasteiger partial charge in [-0.15, -0.1) is 11.8 Å². The molecule has 7 heteroatoms. The molecule has 21 heavy (non-hydrogen) atoms. The normalized spacial score (nSPS) is 13.3. The second kappa shape index (κ2) is 7.16. The third-order valence-electron chi connectivity index (χ3n) is 2.61. The summed E-state index contributed by atoms with van der Waals surface area (Å²) in [7, 11) is -5.18. The van der Waals surface area contributed by atoms with Crippen LogP contribution in [-0.4, -0.2) is 28.9 Å². The predicted molar refractivity (Wildman–Crippen MR) is 91.1 cm³/mol. The number of thioether (sulfide) groups is 1. The fourth-order valence-corrected chi connectivity index (χ4v) is 4.59. The first-order chi connectivity index (χ1) is 9.72. The molecule has 0 atom stereocenters. The van der Waals surface area contributed by atoms with Gasteiger partial charge < -0.3 is 5.32 Å². The molecule has 4 nitrogen and oxygen atoms in total. The zero-order valence-corrected chi connectivity index (χ0v) is 15.3. The van der Waals surface area contributed by atoms with Gasteiger partial charge >= 0.3 is 0 Å². The summed E-state index contributed by atoms with van der Waals surface area (Å²) in [6.07, 6.45) is 2.49. The minimum absolute atomic E-state index is 0.142. The molecule has 1 aromatic carbocycles. The van der Waals surface area contributed by atoms with Crippen LogP contribution in [0.4, 0.5) is 0 Å². The third kappa shape index (κ3) is 4.91. The minimum Gasteiger partial charge on any atom is -0.381 e. The van der Waals surface area contributed by atoms with Crippen LogP contribution in [0, 0.1) is 11.3 Å². The number of nitrogens with zero attached hydrogens (tertiary/aromatic N) is 1. The third-order valence-corrected chi connectivity index (χ3v) is 6.46. The Morgan fingerprint density at radius 3 is 2.29 bits per heavy atom. The SMILES string of the molecule is CS/C(NC[Si](C)(C)C)=C(\C#N)S(=O)(=O)c1ccccc1. The van der Waals surface area contributed by atoms with E-state index in [9.17, 15) is 13.7 Å². The number of hydrogen-bond acceptors (Lipinski definition) is 5. The van der Waals surface area contributed by atoms with Crippen molar-refractivity contribution in [3.8, 4) is 6.07 Å². The van der Waals surface area contributed by atoms with Gasteiger partial charge in [-0.3, -0.25) is 0 Å². The summed E-state index contributed by atoms with van der Waals surface area (Å²) >= 11 is 1.25. The van der Waals surface area contributed by atoms with Crippen molar-refractivity contribution in [3.05, 3.63) is 40.3 Å². The molecular formula is C14H20N2O2S2Si. The highest BCUT2D eigenvalue weighted by molar-refractivity contribution is 8.04. The second-order valence-corrected chi connectivity index (χ2v) is 13.9. The van der Waals surface area contributed by atoms with Crippen LogP contribution in [0.1, 0.15) is 0 Å². The summed E-state index contributed by atoms with van der Waals surface area (Å²) in [6, 6.07) is 9.90. The Morgan fingerprint density at radius 1 is 1.29 bits per heavy atom. The average molecular weight is 341 g/mol. The Kier molecular flexibility index (Phi) is 6.07. The van der Waals surface area contributed by atoms with Gasteiger partial charge in [0.1, 0.15) is 6.07 Å². The highest BCUT2D eigenvalue weighted by Crippen LogP contribution is 2.25. The van der Waals surface area contributed by atoms with E-state index in [1.165, 1.54) is 23.9 Å². The lowest BCUT2D eigenvalue weighted by molar-refractivity contribution is 0.602. The summed E-state index contributed by atoms with van der Waals surface area (Å²) in [6.45, 7) is 6.53.